The molecule has 0 radical (unpaired) electrons. The van der Waals surface area contributed by atoms with Gasteiger partial charge in [0.2, 0.25) is 0 Å². The summed E-state index contributed by atoms with van der Waals surface area (Å²) >= 11 is 0. The van der Waals surface area contributed by atoms with Crippen LogP contribution in [0.15, 0.2) is 42.5 Å². The number of nitrogens with one attached hydrogen (secondary N) is 1. The normalized spacial score (nSPS) is 10.4. The minimum atomic E-state index is -0.554. The molecule has 2 aromatic carbocycles. The van der Waals surface area contributed by atoms with Gasteiger partial charge in [0.15, 0.2) is 0 Å². The van der Waals surface area contributed by atoms with E-state index in [1.54, 1.807) is 31.4 Å². The summed E-state index contributed by atoms with van der Waals surface area (Å²) in [5.41, 5.74) is 0.787. The van der Waals surface area contributed by atoms with Crippen molar-refractivity contribution in [1.29, 1.82) is 0 Å². The fraction of sp³-hybridized carbons (Fsp3) is 0.250. The molecule has 21 heavy (non-hydrogen) atoms. The molecule has 0 amide bonds. The van der Waals surface area contributed by atoms with Gasteiger partial charge in [0.05, 0.1) is 6.61 Å². The molecule has 5 heteroatoms. The molecular weight excluding hydrogens is 276 g/mol. The van der Waals surface area contributed by atoms with E-state index in [0.29, 0.717) is 13.2 Å². The van der Waals surface area contributed by atoms with Gasteiger partial charge in [-0.25, -0.2) is 8.78 Å². The van der Waals surface area contributed by atoms with Crippen LogP contribution in [-0.2, 0) is 11.3 Å². The van der Waals surface area contributed by atoms with E-state index in [-0.39, 0.29) is 12.1 Å². The van der Waals surface area contributed by atoms with Crippen molar-refractivity contribution in [2.45, 2.75) is 6.54 Å². The number of methoxy groups -OCH3 is 1. The molecule has 0 aliphatic carbocycles. The van der Waals surface area contributed by atoms with Crippen LogP contribution in [0.4, 0.5) is 14.5 Å². The van der Waals surface area contributed by atoms with Gasteiger partial charge < -0.3 is 14.8 Å². The molecule has 0 aliphatic rings. The predicted molar refractivity (Wildman–Crippen MR) is 77.5 cm³/mol. The Kier molecular flexibility index (Phi) is 5.51. The maximum atomic E-state index is 13.5. The summed E-state index contributed by atoms with van der Waals surface area (Å²) < 4.78 is 37.3. The third-order valence-electron chi connectivity index (χ3n) is 2.94. The molecule has 2 aromatic rings. The Balaban J connectivity index is 1.92. The zero-order valence-corrected chi connectivity index (χ0v) is 11.7. The highest BCUT2D eigenvalue weighted by molar-refractivity contribution is 5.46. The van der Waals surface area contributed by atoms with Gasteiger partial charge in [-0.3, -0.25) is 0 Å². The summed E-state index contributed by atoms with van der Waals surface area (Å²) in [6, 6.07) is 11.0. The first-order valence-electron chi connectivity index (χ1n) is 6.59. The third-order valence-corrected chi connectivity index (χ3v) is 2.94. The van der Waals surface area contributed by atoms with E-state index in [4.69, 9.17) is 9.47 Å². The molecule has 0 bridgehead atoms. The molecule has 0 saturated heterocycles. The molecule has 0 aromatic heterocycles. The Bertz CT molecular complexity index is 553. The van der Waals surface area contributed by atoms with Crippen molar-refractivity contribution in [3.8, 4) is 5.75 Å². The molecule has 0 aliphatic heterocycles. The first kappa shape index (κ1) is 15.3. The third kappa shape index (κ3) is 4.43. The molecule has 0 fully saturated rings. The van der Waals surface area contributed by atoms with Gasteiger partial charge in [-0.05, 0) is 36.4 Å². The molecule has 0 unspecified atom stereocenters. The van der Waals surface area contributed by atoms with E-state index in [1.807, 2.05) is 0 Å². The maximum absolute atomic E-state index is 13.5. The summed E-state index contributed by atoms with van der Waals surface area (Å²) in [5.74, 6) is -0.390. The highest BCUT2D eigenvalue weighted by atomic mass is 19.1. The number of ether oxygens (including phenoxy) is 2. The highest BCUT2D eigenvalue weighted by Gasteiger charge is 2.07. The zero-order chi connectivity index (χ0) is 15.1. The molecule has 0 atom stereocenters. The lowest BCUT2D eigenvalue weighted by Crippen LogP contribution is -2.05. The fourth-order valence-electron chi connectivity index (χ4n) is 1.80. The lowest BCUT2D eigenvalue weighted by atomic mass is 10.2. The van der Waals surface area contributed by atoms with Crippen LogP contribution in [0.25, 0.3) is 0 Å². The summed E-state index contributed by atoms with van der Waals surface area (Å²) in [7, 11) is 1.61. The van der Waals surface area contributed by atoms with Crippen LogP contribution in [0.1, 0.15) is 5.56 Å². The van der Waals surface area contributed by atoms with Crippen molar-refractivity contribution < 1.29 is 18.3 Å². The Labute approximate surface area is 122 Å². The standard InChI is InChI=1S/C16H17F2NO2/c1-20-9-10-21-13-7-5-12(6-8-13)19-11-14-15(17)3-2-4-16(14)18/h2-8,19H,9-11H2,1H3. The van der Waals surface area contributed by atoms with E-state index in [0.717, 1.165) is 11.4 Å². The monoisotopic (exact) mass is 293 g/mol. The molecule has 0 spiro atoms. The lowest BCUT2D eigenvalue weighted by Gasteiger charge is -2.10. The van der Waals surface area contributed by atoms with Crippen LogP contribution < -0.4 is 10.1 Å². The SMILES string of the molecule is COCCOc1ccc(NCc2c(F)cccc2F)cc1. The quantitative estimate of drug-likeness (QED) is 0.791. The van der Waals surface area contributed by atoms with Crippen LogP contribution in [0.3, 0.4) is 0 Å². The number of rotatable bonds is 7. The lowest BCUT2D eigenvalue weighted by molar-refractivity contribution is 0.146. The van der Waals surface area contributed by atoms with Crippen molar-refractivity contribution in [2.24, 2.45) is 0 Å². The van der Waals surface area contributed by atoms with Crippen LogP contribution in [0.2, 0.25) is 0 Å². The summed E-state index contributed by atoms with van der Waals surface area (Å²) in [6.45, 7) is 1.08. The van der Waals surface area contributed by atoms with Gasteiger partial charge in [0.25, 0.3) is 0 Å². The summed E-state index contributed by atoms with van der Waals surface area (Å²) in [5, 5.41) is 2.98. The van der Waals surface area contributed by atoms with E-state index < -0.39 is 11.6 Å². The van der Waals surface area contributed by atoms with Gasteiger partial charge in [-0.1, -0.05) is 6.07 Å². The smallest absolute Gasteiger partial charge is 0.131 e. The average Bonchev–Trinajstić information content (AvgIpc) is 2.48. The van der Waals surface area contributed by atoms with Crippen LogP contribution in [-0.4, -0.2) is 20.3 Å². The van der Waals surface area contributed by atoms with Crippen LogP contribution in [0.5, 0.6) is 5.75 Å². The van der Waals surface area contributed by atoms with Crippen LogP contribution in [0, 0.1) is 11.6 Å². The average molecular weight is 293 g/mol. The van der Waals surface area contributed by atoms with Crippen LogP contribution >= 0.6 is 0 Å². The van der Waals surface area contributed by atoms with E-state index in [2.05, 4.69) is 5.32 Å². The van der Waals surface area contributed by atoms with Crippen molar-refractivity contribution in [1.82, 2.24) is 0 Å². The molecule has 112 valence electrons. The van der Waals surface area contributed by atoms with Gasteiger partial charge in [0.1, 0.15) is 24.0 Å². The second-order valence-electron chi connectivity index (χ2n) is 4.42. The number of hydrogen-bond acceptors (Lipinski definition) is 3. The Hall–Kier alpha value is -2.14. The second kappa shape index (κ2) is 7.59. The minimum Gasteiger partial charge on any atom is -0.491 e. The Morgan fingerprint density at radius 3 is 2.24 bits per heavy atom. The van der Waals surface area contributed by atoms with Gasteiger partial charge in [-0.2, -0.15) is 0 Å². The van der Waals surface area contributed by atoms with Gasteiger partial charge >= 0.3 is 0 Å². The first-order chi connectivity index (χ1) is 10.2. The predicted octanol–water partition coefficient (Wildman–Crippen LogP) is 3.60. The highest BCUT2D eigenvalue weighted by Crippen LogP contribution is 2.18. The van der Waals surface area contributed by atoms with Crippen molar-refractivity contribution >= 4 is 5.69 Å². The fourth-order valence-corrected chi connectivity index (χ4v) is 1.80. The largest absolute Gasteiger partial charge is 0.491 e. The Morgan fingerprint density at radius 2 is 1.62 bits per heavy atom. The molecule has 0 heterocycles. The van der Waals surface area contributed by atoms with Crippen molar-refractivity contribution in [3.63, 3.8) is 0 Å². The number of halogens is 2. The topological polar surface area (TPSA) is 30.5 Å². The maximum Gasteiger partial charge on any atom is 0.131 e. The van der Waals surface area contributed by atoms with E-state index in [9.17, 15) is 8.78 Å². The van der Waals surface area contributed by atoms with Crippen molar-refractivity contribution in [2.75, 3.05) is 25.6 Å². The number of hydrogen-bond donors (Lipinski definition) is 1. The summed E-state index contributed by atoms with van der Waals surface area (Å²) in [4.78, 5) is 0. The minimum absolute atomic E-state index is 0.0259. The molecule has 3 nitrogen and oxygen atoms in total. The number of benzene rings is 2. The molecule has 2 rings (SSSR count). The Morgan fingerprint density at radius 1 is 0.952 bits per heavy atom. The van der Waals surface area contributed by atoms with E-state index >= 15 is 0 Å². The zero-order valence-electron chi connectivity index (χ0n) is 11.7. The van der Waals surface area contributed by atoms with E-state index in [1.165, 1.54) is 18.2 Å². The first-order valence-corrected chi connectivity index (χ1v) is 6.59. The second-order valence-corrected chi connectivity index (χ2v) is 4.42. The molecule has 0 saturated carbocycles. The summed E-state index contributed by atoms with van der Waals surface area (Å²) in [6.07, 6.45) is 0. The molecule has 1 N–H and O–H groups in total. The van der Waals surface area contributed by atoms with Crippen molar-refractivity contribution in [3.05, 3.63) is 59.7 Å². The number of anilines is 1. The molecular formula is C16H17F2NO2. The van der Waals surface area contributed by atoms with Gasteiger partial charge in [-0.15, -0.1) is 0 Å². The van der Waals surface area contributed by atoms with Gasteiger partial charge in [0, 0.05) is 24.9 Å².